The van der Waals surface area contributed by atoms with Crippen molar-refractivity contribution in [2.75, 3.05) is 6.61 Å². The van der Waals surface area contributed by atoms with Crippen LogP contribution in [0.4, 0.5) is 17.6 Å². The topological polar surface area (TPSA) is 113 Å². The van der Waals surface area contributed by atoms with Gasteiger partial charge in [0.05, 0.1) is 0 Å². The van der Waals surface area contributed by atoms with Gasteiger partial charge >= 0.3 is 17.8 Å². The van der Waals surface area contributed by atoms with Gasteiger partial charge in [0.25, 0.3) is 5.56 Å². The molecule has 0 radical (unpaired) electrons. The van der Waals surface area contributed by atoms with E-state index < -0.39 is 63.8 Å². The first-order valence-corrected chi connectivity index (χ1v) is 9.58. The number of alkyl halides is 3. The maximum atomic E-state index is 14.7. The highest BCUT2D eigenvalue weighted by atomic mass is 35.5. The van der Waals surface area contributed by atoms with E-state index in [4.69, 9.17) is 26.2 Å². The van der Waals surface area contributed by atoms with E-state index in [0.29, 0.717) is 6.07 Å². The molecule has 0 aliphatic heterocycles. The SMILES string of the molecule is Cc1c(C(F)(F)F)n(C)c(=O)n(-c2nc(Oc3ccccc3OCC(=O)O)c(Cl)cc2F)c1=O. The molecule has 3 rings (SSSR count). The van der Waals surface area contributed by atoms with E-state index in [9.17, 15) is 31.9 Å². The lowest BCUT2D eigenvalue weighted by Gasteiger charge is -2.17. The molecule has 3 aromatic rings. The molecular formula is C20H14ClF4N3O6. The number of para-hydroxylation sites is 2. The highest BCUT2D eigenvalue weighted by molar-refractivity contribution is 6.31. The maximum Gasteiger partial charge on any atom is 0.432 e. The summed E-state index contributed by atoms with van der Waals surface area (Å²) in [7, 11) is 0.773. The second kappa shape index (κ2) is 9.17. The van der Waals surface area contributed by atoms with Crippen LogP contribution in [0.3, 0.4) is 0 Å². The van der Waals surface area contributed by atoms with Gasteiger partial charge in [-0.3, -0.25) is 9.36 Å². The number of aromatic nitrogens is 3. The minimum atomic E-state index is -5.02. The lowest BCUT2D eigenvalue weighted by Crippen LogP contribution is -2.43. The molecule has 2 heterocycles. The Balaban J connectivity index is 2.17. The molecule has 0 aliphatic carbocycles. The Labute approximate surface area is 192 Å². The number of carboxylic acid groups (broad SMARTS) is 1. The van der Waals surface area contributed by atoms with E-state index in [2.05, 4.69) is 4.98 Å². The van der Waals surface area contributed by atoms with Crippen LogP contribution in [0.1, 0.15) is 11.3 Å². The summed E-state index contributed by atoms with van der Waals surface area (Å²) in [4.78, 5) is 39.7. The molecular weight excluding hydrogens is 490 g/mol. The van der Waals surface area contributed by atoms with Crippen LogP contribution < -0.4 is 20.7 Å². The van der Waals surface area contributed by atoms with Crippen molar-refractivity contribution in [2.45, 2.75) is 13.1 Å². The fourth-order valence-electron chi connectivity index (χ4n) is 3.01. The summed E-state index contributed by atoms with van der Waals surface area (Å²) in [5, 5.41) is 8.37. The fraction of sp³-hybridized carbons (Fsp3) is 0.200. The molecule has 34 heavy (non-hydrogen) atoms. The highest BCUT2D eigenvalue weighted by Crippen LogP contribution is 2.35. The molecule has 1 N–H and O–H groups in total. The first-order chi connectivity index (χ1) is 15.8. The Morgan fingerprint density at radius 1 is 1.21 bits per heavy atom. The monoisotopic (exact) mass is 503 g/mol. The standard InChI is InChI=1S/C20H14ClF4N3O6/c1-9-15(20(23,24)25)27(2)19(32)28(18(9)31)16-11(22)7-10(21)17(26-16)34-13-6-4-3-5-12(13)33-8-14(29)30/h3-7H,8H2,1-2H3,(H,29,30). The number of ether oxygens (including phenoxy) is 2. The molecule has 0 unspecified atom stereocenters. The second-order valence-corrected chi connectivity index (χ2v) is 7.17. The summed E-state index contributed by atoms with van der Waals surface area (Å²) >= 11 is 5.96. The van der Waals surface area contributed by atoms with E-state index in [1.165, 1.54) is 24.3 Å². The van der Waals surface area contributed by atoms with E-state index in [1.54, 1.807) is 0 Å². The van der Waals surface area contributed by atoms with Gasteiger partial charge in [-0.2, -0.15) is 18.2 Å². The molecule has 14 heteroatoms. The third-order valence-electron chi connectivity index (χ3n) is 4.46. The predicted molar refractivity (Wildman–Crippen MR) is 109 cm³/mol. The van der Waals surface area contributed by atoms with Gasteiger partial charge in [-0.15, -0.1) is 0 Å². The number of rotatable bonds is 6. The molecule has 0 spiro atoms. The highest BCUT2D eigenvalue weighted by Gasteiger charge is 2.38. The Kier molecular flexibility index (Phi) is 6.68. The van der Waals surface area contributed by atoms with Gasteiger partial charge in [-0.25, -0.2) is 18.5 Å². The van der Waals surface area contributed by atoms with Gasteiger partial charge in [0, 0.05) is 18.7 Å². The van der Waals surface area contributed by atoms with Gasteiger partial charge in [-0.05, 0) is 19.1 Å². The zero-order valence-corrected chi connectivity index (χ0v) is 18.1. The molecule has 0 aliphatic rings. The zero-order valence-electron chi connectivity index (χ0n) is 17.3. The minimum Gasteiger partial charge on any atom is -0.479 e. The minimum absolute atomic E-state index is 0.0490. The van der Waals surface area contributed by atoms with Crippen LogP contribution in [-0.4, -0.2) is 31.8 Å². The Hall–Kier alpha value is -3.87. The Bertz CT molecular complexity index is 1360. The zero-order chi connectivity index (χ0) is 25.4. The number of pyridine rings is 1. The summed E-state index contributed by atoms with van der Waals surface area (Å²) < 4.78 is 65.4. The van der Waals surface area contributed by atoms with Crippen molar-refractivity contribution in [2.24, 2.45) is 7.05 Å². The van der Waals surface area contributed by atoms with Crippen molar-refractivity contribution in [3.63, 3.8) is 0 Å². The molecule has 0 saturated heterocycles. The van der Waals surface area contributed by atoms with E-state index >= 15 is 0 Å². The van der Waals surface area contributed by atoms with E-state index in [0.717, 1.165) is 14.0 Å². The number of nitrogens with zero attached hydrogens (tertiary/aromatic N) is 3. The molecule has 0 fully saturated rings. The molecule has 9 nitrogen and oxygen atoms in total. The van der Waals surface area contributed by atoms with Crippen LogP contribution in [0.5, 0.6) is 17.4 Å². The van der Waals surface area contributed by atoms with Gasteiger partial charge < -0.3 is 14.6 Å². The summed E-state index contributed by atoms with van der Waals surface area (Å²) in [6.45, 7) is 0.120. The van der Waals surface area contributed by atoms with Gasteiger partial charge in [0.2, 0.25) is 5.88 Å². The molecule has 0 saturated carbocycles. The fourth-order valence-corrected chi connectivity index (χ4v) is 3.19. The second-order valence-electron chi connectivity index (χ2n) is 6.77. The number of carboxylic acids is 1. The predicted octanol–water partition coefficient (Wildman–Crippen LogP) is 3.31. The van der Waals surface area contributed by atoms with Gasteiger partial charge in [0.1, 0.15) is 10.7 Å². The quantitative estimate of drug-likeness (QED) is 0.513. The summed E-state index contributed by atoms with van der Waals surface area (Å²) in [6, 6.07) is 6.34. The number of halogens is 5. The number of carbonyl (C=O) groups is 1. The number of hydrogen-bond donors (Lipinski definition) is 1. The van der Waals surface area contributed by atoms with Gasteiger partial charge in [0.15, 0.2) is 29.7 Å². The number of benzene rings is 1. The molecule has 180 valence electrons. The average Bonchev–Trinajstić information content (AvgIpc) is 2.74. The molecule has 2 aromatic heterocycles. The van der Waals surface area contributed by atoms with Crippen molar-refractivity contribution in [3.05, 3.63) is 73.3 Å². The summed E-state index contributed by atoms with van der Waals surface area (Å²) in [6.07, 6.45) is -5.02. The maximum absolute atomic E-state index is 14.7. The van der Waals surface area contributed by atoms with Crippen LogP contribution in [0.15, 0.2) is 39.9 Å². The summed E-state index contributed by atoms with van der Waals surface area (Å²) in [5.74, 6) is -4.19. The van der Waals surface area contributed by atoms with Crippen LogP contribution in [0, 0.1) is 12.7 Å². The van der Waals surface area contributed by atoms with Crippen molar-refractivity contribution < 1.29 is 36.9 Å². The smallest absolute Gasteiger partial charge is 0.432 e. The van der Waals surface area contributed by atoms with E-state index in [1.807, 2.05) is 0 Å². The third kappa shape index (κ3) is 4.73. The first kappa shape index (κ1) is 24.8. The normalized spacial score (nSPS) is 11.4. The van der Waals surface area contributed by atoms with Crippen molar-refractivity contribution in [1.82, 2.24) is 14.1 Å². The largest absolute Gasteiger partial charge is 0.479 e. The molecule has 0 bridgehead atoms. The van der Waals surface area contributed by atoms with E-state index in [-0.39, 0.29) is 20.6 Å². The van der Waals surface area contributed by atoms with Crippen molar-refractivity contribution >= 4 is 17.6 Å². The first-order valence-electron chi connectivity index (χ1n) is 9.20. The third-order valence-corrected chi connectivity index (χ3v) is 4.73. The number of hydrogen-bond acceptors (Lipinski definition) is 6. The molecule has 0 amide bonds. The lowest BCUT2D eigenvalue weighted by atomic mass is 10.2. The van der Waals surface area contributed by atoms with Gasteiger partial charge in [-0.1, -0.05) is 23.7 Å². The van der Waals surface area contributed by atoms with Crippen LogP contribution >= 0.6 is 11.6 Å². The van der Waals surface area contributed by atoms with Crippen molar-refractivity contribution in [1.29, 1.82) is 0 Å². The average molecular weight is 504 g/mol. The van der Waals surface area contributed by atoms with Crippen LogP contribution in [0.25, 0.3) is 5.82 Å². The summed E-state index contributed by atoms with van der Waals surface area (Å²) in [5.41, 5.74) is -5.30. The Morgan fingerprint density at radius 2 is 1.82 bits per heavy atom. The van der Waals surface area contributed by atoms with Crippen molar-refractivity contribution in [3.8, 4) is 23.2 Å². The molecule has 0 atom stereocenters. The van der Waals surface area contributed by atoms with Crippen LogP contribution in [-0.2, 0) is 18.0 Å². The molecule has 1 aromatic carbocycles. The lowest BCUT2D eigenvalue weighted by molar-refractivity contribution is -0.144. The van der Waals surface area contributed by atoms with Crippen LogP contribution in [0.2, 0.25) is 5.02 Å². The number of aliphatic carboxylic acids is 1. The Morgan fingerprint density at radius 3 is 2.41 bits per heavy atom.